The first-order valence-corrected chi connectivity index (χ1v) is 9.66. The molecule has 1 atom stereocenters. The zero-order valence-electron chi connectivity index (χ0n) is 15.2. The molecule has 1 N–H and O–H groups in total. The van der Waals surface area contributed by atoms with Crippen molar-refractivity contribution in [2.75, 3.05) is 0 Å². The summed E-state index contributed by atoms with van der Waals surface area (Å²) in [5, 5.41) is 17.0. The number of H-pyrrole nitrogens is 1. The maximum absolute atomic E-state index is 14.3. The first-order chi connectivity index (χ1) is 14.2. The largest absolute Gasteiger partial charge is 0.466 e. The number of para-hydroxylation sites is 1. The van der Waals surface area contributed by atoms with Crippen LogP contribution in [0.2, 0.25) is 0 Å². The number of hydrogen-bond donors (Lipinski definition) is 1. The van der Waals surface area contributed by atoms with Crippen LogP contribution in [-0.2, 0) is 0 Å². The van der Waals surface area contributed by atoms with Crippen LogP contribution in [0.4, 0.5) is 4.39 Å². The average Bonchev–Trinajstić information content (AvgIpc) is 3.49. The predicted molar refractivity (Wildman–Crippen MR) is 105 cm³/mol. The van der Waals surface area contributed by atoms with E-state index in [1.54, 1.807) is 29.5 Å². The number of pyridine rings is 1. The van der Waals surface area contributed by atoms with Crippen molar-refractivity contribution in [3.05, 3.63) is 65.8 Å². The second-order valence-corrected chi connectivity index (χ2v) is 7.18. The van der Waals surface area contributed by atoms with Gasteiger partial charge in [-0.2, -0.15) is 14.8 Å². The van der Waals surface area contributed by atoms with E-state index in [4.69, 9.17) is 4.74 Å². The molecule has 0 spiro atoms. The van der Waals surface area contributed by atoms with Gasteiger partial charge in [0.05, 0.1) is 5.56 Å². The highest BCUT2D eigenvalue weighted by molar-refractivity contribution is 7.13. The summed E-state index contributed by atoms with van der Waals surface area (Å²) in [4.78, 5) is 9.76. The number of rotatable bonds is 5. The first kappa shape index (κ1) is 17.4. The standard InChI is InChI=1S/C19H14FN7OS/c1-11(17-21-10-22-25-17)28-19-12(16-7-4-8-29-16)9-14-18(23-19)27(26-24-14)15-6-3-2-5-13(15)20/h2-11H,1H3,(H,21,22,25). The molecule has 0 fully saturated rings. The van der Waals surface area contributed by atoms with Gasteiger partial charge in [0.1, 0.15) is 23.3 Å². The Balaban J connectivity index is 1.67. The van der Waals surface area contributed by atoms with Crippen LogP contribution in [0.5, 0.6) is 5.88 Å². The number of benzene rings is 1. The van der Waals surface area contributed by atoms with Crippen molar-refractivity contribution >= 4 is 22.5 Å². The summed E-state index contributed by atoms with van der Waals surface area (Å²) in [5.74, 6) is 0.460. The maximum atomic E-state index is 14.3. The molecule has 29 heavy (non-hydrogen) atoms. The summed E-state index contributed by atoms with van der Waals surface area (Å²) in [6.45, 7) is 1.83. The van der Waals surface area contributed by atoms with E-state index in [1.165, 1.54) is 17.1 Å². The number of thiophene rings is 1. The quantitative estimate of drug-likeness (QED) is 0.474. The van der Waals surface area contributed by atoms with Gasteiger partial charge in [0.2, 0.25) is 5.88 Å². The molecule has 0 aliphatic carbocycles. The van der Waals surface area contributed by atoms with E-state index < -0.39 is 11.9 Å². The third-order valence-electron chi connectivity index (χ3n) is 4.34. The number of ether oxygens (including phenoxy) is 1. The first-order valence-electron chi connectivity index (χ1n) is 8.78. The van der Waals surface area contributed by atoms with Gasteiger partial charge < -0.3 is 4.74 Å². The zero-order chi connectivity index (χ0) is 19.8. The fraction of sp³-hybridized carbons (Fsp3) is 0.105. The summed E-state index contributed by atoms with van der Waals surface area (Å²) in [5.41, 5.74) is 1.97. The van der Waals surface area contributed by atoms with Crippen LogP contribution in [0, 0.1) is 5.82 Å². The lowest BCUT2D eigenvalue weighted by atomic mass is 10.2. The van der Waals surface area contributed by atoms with Gasteiger partial charge in [0.25, 0.3) is 0 Å². The Hall–Kier alpha value is -3.66. The van der Waals surface area contributed by atoms with Gasteiger partial charge in [0.15, 0.2) is 17.6 Å². The van der Waals surface area contributed by atoms with E-state index in [-0.39, 0.29) is 5.69 Å². The second kappa shape index (κ2) is 7.06. The second-order valence-electron chi connectivity index (χ2n) is 6.23. The number of halogens is 1. The molecule has 5 rings (SSSR count). The van der Waals surface area contributed by atoms with Crippen molar-refractivity contribution in [1.82, 2.24) is 35.2 Å². The highest BCUT2D eigenvalue weighted by Gasteiger charge is 2.21. The smallest absolute Gasteiger partial charge is 0.225 e. The molecule has 1 unspecified atom stereocenters. The SMILES string of the molecule is CC(Oc1nc2c(cc1-c1cccs1)nnn2-c1ccccc1F)c1nc[nH]n1. The van der Waals surface area contributed by atoms with Crippen molar-refractivity contribution in [3.8, 4) is 22.0 Å². The Morgan fingerprint density at radius 1 is 1.21 bits per heavy atom. The normalized spacial score (nSPS) is 12.3. The lowest BCUT2D eigenvalue weighted by molar-refractivity contribution is 0.209. The topological polar surface area (TPSA) is 94.4 Å². The molecule has 0 saturated heterocycles. The number of aromatic amines is 1. The van der Waals surface area contributed by atoms with E-state index in [2.05, 4.69) is 30.5 Å². The Kier molecular flexibility index (Phi) is 4.24. The van der Waals surface area contributed by atoms with Crippen LogP contribution >= 0.6 is 11.3 Å². The predicted octanol–water partition coefficient (Wildman–Crippen LogP) is 3.94. The maximum Gasteiger partial charge on any atom is 0.225 e. The van der Waals surface area contributed by atoms with Gasteiger partial charge >= 0.3 is 0 Å². The van der Waals surface area contributed by atoms with Crippen molar-refractivity contribution in [2.45, 2.75) is 13.0 Å². The molecular formula is C19H14FN7OS. The number of aromatic nitrogens is 7. The highest BCUT2D eigenvalue weighted by Crippen LogP contribution is 2.36. The molecule has 4 aromatic heterocycles. The Labute approximate surface area is 168 Å². The lowest BCUT2D eigenvalue weighted by Gasteiger charge is -2.14. The van der Waals surface area contributed by atoms with Gasteiger partial charge in [-0.15, -0.1) is 16.4 Å². The van der Waals surface area contributed by atoms with Crippen LogP contribution < -0.4 is 4.74 Å². The summed E-state index contributed by atoms with van der Waals surface area (Å²) >= 11 is 1.56. The van der Waals surface area contributed by atoms with Crippen LogP contribution in [0.1, 0.15) is 18.9 Å². The molecule has 1 aromatic carbocycles. The molecule has 5 aromatic rings. The minimum atomic E-state index is -0.442. The number of fused-ring (bicyclic) bond motifs is 1. The van der Waals surface area contributed by atoms with Gasteiger partial charge in [-0.1, -0.05) is 23.4 Å². The van der Waals surface area contributed by atoms with Crippen molar-refractivity contribution in [2.24, 2.45) is 0 Å². The van der Waals surface area contributed by atoms with E-state index >= 15 is 0 Å². The van der Waals surface area contributed by atoms with Crippen LogP contribution in [0.15, 0.2) is 54.2 Å². The van der Waals surface area contributed by atoms with Crippen LogP contribution in [0.25, 0.3) is 27.3 Å². The van der Waals surface area contributed by atoms with Crippen molar-refractivity contribution < 1.29 is 9.13 Å². The molecule has 0 aliphatic rings. The molecule has 0 amide bonds. The van der Waals surface area contributed by atoms with Gasteiger partial charge in [-0.3, -0.25) is 5.10 Å². The molecule has 0 radical (unpaired) electrons. The van der Waals surface area contributed by atoms with Crippen LogP contribution in [-0.4, -0.2) is 35.2 Å². The molecule has 4 heterocycles. The molecule has 144 valence electrons. The van der Waals surface area contributed by atoms with E-state index in [1.807, 2.05) is 30.5 Å². The summed E-state index contributed by atoms with van der Waals surface area (Å²) in [6, 6.07) is 12.1. The summed E-state index contributed by atoms with van der Waals surface area (Å²) in [6.07, 6.45) is 1.05. The number of nitrogens with zero attached hydrogens (tertiary/aromatic N) is 6. The fourth-order valence-electron chi connectivity index (χ4n) is 2.96. The minimum absolute atomic E-state index is 0.263. The number of nitrogens with one attached hydrogen (secondary N) is 1. The molecule has 0 aliphatic heterocycles. The van der Waals surface area contributed by atoms with E-state index in [0.29, 0.717) is 22.9 Å². The summed E-state index contributed by atoms with van der Waals surface area (Å²) in [7, 11) is 0. The third-order valence-corrected chi connectivity index (χ3v) is 5.25. The van der Waals surface area contributed by atoms with Gasteiger partial charge in [-0.05, 0) is 36.6 Å². The monoisotopic (exact) mass is 407 g/mol. The molecule has 10 heteroatoms. The lowest BCUT2D eigenvalue weighted by Crippen LogP contribution is -2.08. The zero-order valence-corrected chi connectivity index (χ0v) is 16.0. The minimum Gasteiger partial charge on any atom is -0.466 e. The average molecular weight is 407 g/mol. The molecule has 8 nitrogen and oxygen atoms in total. The molecule has 0 bridgehead atoms. The third kappa shape index (κ3) is 3.13. The number of hydrogen-bond acceptors (Lipinski definition) is 7. The van der Waals surface area contributed by atoms with Gasteiger partial charge in [0, 0.05) is 4.88 Å². The molecular weight excluding hydrogens is 393 g/mol. The van der Waals surface area contributed by atoms with E-state index in [9.17, 15) is 4.39 Å². The highest BCUT2D eigenvalue weighted by atomic mass is 32.1. The Morgan fingerprint density at radius 3 is 2.86 bits per heavy atom. The van der Waals surface area contributed by atoms with E-state index in [0.717, 1.165) is 10.4 Å². The van der Waals surface area contributed by atoms with Crippen molar-refractivity contribution in [1.29, 1.82) is 0 Å². The Morgan fingerprint density at radius 2 is 2.10 bits per heavy atom. The van der Waals surface area contributed by atoms with Crippen molar-refractivity contribution in [3.63, 3.8) is 0 Å². The van der Waals surface area contributed by atoms with Crippen LogP contribution in [0.3, 0.4) is 0 Å². The van der Waals surface area contributed by atoms with Gasteiger partial charge in [-0.25, -0.2) is 9.37 Å². The summed E-state index contributed by atoms with van der Waals surface area (Å²) < 4.78 is 21.8. The fourth-order valence-corrected chi connectivity index (χ4v) is 3.69. The Bertz CT molecular complexity index is 1270. The molecule has 0 saturated carbocycles.